The van der Waals surface area contributed by atoms with Crippen molar-refractivity contribution in [3.8, 4) is 18.1 Å². The summed E-state index contributed by atoms with van der Waals surface area (Å²) in [6.07, 6.45) is 6.18. The average molecular weight is 715 g/mol. The number of thiazole rings is 1. The van der Waals surface area contributed by atoms with Gasteiger partial charge in [-0.15, -0.1) is 23.7 Å². The molecule has 0 saturated heterocycles. The Morgan fingerprint density at radius 3 is 2.06 bits per heavy atom. The molecule has 0 aliphatic heterocycles. The Hall–Kier alpha value is -4.23. The van der Waals surface area contributed by atoms with E-state index in [1.807, 2.05) is 0 Å². The number of terminal acetylenes is 1. The van der Waals surface area contributed by atoms with E-state index in [2.05, 4.69) is 20.6 Å². The van der Waals surface area contributed by atoms with E-state index < -0.39 is 93.8 Å². The van der Waals surface area contributed by atoms with Gasteiger partial charge in [0.25, 0.3) is 5.91 Å². The zero-order chi connectivity index (χ0) is 37.5. The second-order valence-electron chi connectivity index (χ2n) is 12.2. The Bertz CT molecular complexity index is 1610. The number of carbonyl (C=O) groups is 4. The van der Waals surface area contributed by atoms with E-state index in [1.54, 1.807) is 53.6 Å². The van der Waals surface area contributed by atoms with Gasteiger partial charge in [0.1, 0.15) is 5.01 Å². The van der Waals surface area contributed by atoms with Crippen molar-refractivity contribution < 1.29 is 50.6 Å². The molecule has 0 saturated carbocycles. The van der Waals surface area contributed by atoms with Crippen LogP contribution in [0.15, 0.2) is 10.4 Å². The van der Waals surface area contributed by atoms with Gasteiger partial charge in [0.2, 0.25) is 40.7 Å². The molecule has 10 nitrogen and oxygen atoms in total. The van der Waals surface area contributed by atoms with Crippen LogP contribution in [0.1, 0.15) is 76.0 Å². The summed E-state index contributed by atoms with van der Waals surface area (Å²) in [5, 5.41) is 1.09. The summed E-state index contributed by atoms with van der Waals surface area (Å²) in [6.45, 7) is 9.88. The molecule has 268 valence electrons. The molecule has 2 aromatic rings. The van der Waals surface area contributed by atoms with Gasteiger partial charge in [0.15, 0.2) is 11.8 Å². The smallest absolute Gasteiger partial charge is 0.363 e. The number of amides is 2. The van der Waals surface area contributed by atoms with Crippen LogP contribution in [-0.4, -0.2) is 77.5 Å². The van der Waals surface area contributed by atoms with Crippen molar-refractivity contribution in [1.29, 1.82) is 0 Å². The Morgan fingerprint density at radius 2 is 1.59 bits per heavy atom. The summed E-state index contributed by atoms with van der Waals surface area (Å²) in [6, 6.07) is -0.649. The highest BCUT2D eigenvalue weighted by Crippen LogP contribution is 2.33. The van der Waals surface area contributed by atoms with E-state index in [4.69, 9.17) is 11.2 Å². The van der Waals surface area contributed by atoms with Crippen LogP contribution in [0.3, 0.4) is 0 Å². The maximum Gasteiger partial charge on any atom is 0.363 e. The third-order valence-corrected chi connectivity index (χ3v) is 9.05. The Labute approximate surface area is 285 Å². The molecule has 2 rings (SSSR count). The Morgan fingerprint density at radius 1 is 1.04 bits per heavy atom. The van der Waals surface area contributed by atoms with Crippen LogP contribution < -0.4 is 4.74 Å². The first kappa shape index (κ1) is 40.9. The first-order chi connectivity index (χ1) is 22.7. The molecule has 0 spiro atoms. The van der Waals surface area contributed by atoms with E-state index >= 15 is 0 Å². The van der Waals surface area contributed by atoms with Crippen LogP contribution in [-0.2, 0) is 19.1 Å². The molecule has 0 bridgehead atoms. The molecule has 0 fully saturated rings. The number of esters is 2. The van der Waals surface area contributed by atoms with Crippen molar-refractivity contribution in [3.63, 3.8) is 0 Å². The van der Waals surface area contributed by atoms with Crippen LogP contribution in [0.25, 0.3) is 0 Å². The predicted molar refractivity (Wildman–Crippen MR) is 171 cm³/mol. The lowest BCUT2D eigenvalue weighted by molar-refractivity contribution is -0.148. The molecule has 0 N–H and O–H groups in total. The summed E-state index contributed by atoms with van der Waals surface area (Å²) in [7, 11) is 4.95. The number of hydrogen-bond acceptors (Lipinski definition) is 9. The Kier molecular flexibility index (Phi) is 14.1. The molecule has 4 atom stereocenters. The van der Waals surface area contributed by atoms with Gasteiger partial charge in [0.05, 0.1) is 11.5 Å². The molecule has 16 heteroatoms. The first-order valence-electron chi connectivity index (χ1n) is 15.1. The van der Waals surface area contributed by atoms with Gasteiger partial charge in [-0.05, 0) is 40.3 Å². The fourth-order valence-corrected chi connectivity index (χ4v) is 5.38. The molecule has 49 heavy (non-hydrogen) atoms. The van der Waals surface area contributed by atoms with Crippen molar-refractivity contribution >= 4 is 41.3 Å². The van der Waals surface area contributed by atoms with Gasteiger partial charge < -0.3 is 14.4 Å². The molecule has 1 aromatic carbocycles. The largest absolute Gasteiger partial charge is 0.455 e. The number of carbonyl (C=O) groups excluding carboxylic acids is 4. The maximum absolute atomic E-state index is 14.1. The molecular formula is C33H39F5N4O6S. The van der Waals surface area contributed by atoms with E-state index in [0.717, 1.165) is 23.6 Å². The summed E-state index contributed by atoms with van der Waals surface area (Å²) >= 11 is 0.786. The summed E-state index contributed by atoms with van der Waals surface area (Å²) in [5.74, 6) is -16.1. The van der Waals surface area contributed by atoms with E-state index in [-0.39, 0.29) is 17.3 Å². The lowest BCUT2D eigenvalue weighted by Crippen LogP contribution is -2.47. The topological polar surface area (TPSA) is 118 Å². The SMILES string of the molecule is C#C[C@@H](CC)[C@H](C=NC(=O)C(C)(C)N(C)C)C(=O)N(C)[C@H](C[C@@H](OC(C)=O)c1nc(C(=O)Oc2c(F)c(F)c(F)c(F)c2F)cs1)C(C)C. The van der Waals surface area contributed by atoms with Crippen LogP contribution in [0.4, 0.5) is 22.0 Å². The van der Waals surface area contributed by atoms with Crippen LogP contribution in [0.5, 0.6) is 5.75 Å². The number of ether oxygens (including phenoxy) is 2. The standard InChI is InChI=1S/C33H39F5N4O6S/c1-11-18(12-2)19(14-39-32(46)33(6,7)41(8)9)30(44)42(10)21(16(3)4)13-22(47-17(5)43)29-40-20(15-49-29)31(45)48-28-26(37)24(35)23(34)25(36)27(28)38/h1,14-16,18-19,21-22H,12-13H2,2-10H3/t18-,19-,21+,22+/m0/s1. The van der Waals surface area contributed by atoms with Gasteiger partial charge in [0, 0.05) is 43.9 Å². The minimum Gasteiger partial charge on any atom is -0.455 e. The molecule has 2 amide bonds. The highest BCUT2D eigenvalue weighted by atomic mass is 32.1. The quantitative estimate of drug-likeness (QED) is 0.0462. The lowest BCUT2D eigenvalue weighted by Gasteiger charge is -2.35. The number of halogens is 5. The third kappa shape index (κ3) is 9.48. The van der Waals surface area contributed by atoms with Crippen LogP contribution in [0.2, 0.25) is 0 Å². The van der Waals surface area contributed by atoms with Crippen molar-refractivity contribution in [2.24, 2.45) is 22.7 Å². The number of benzene rings is 1. The lowest BCUT2D eigenvalue weighted by atomic mass is 9.88. The zero-order valence-corrected chi connectivity index (χ0v) is 29.4. The molecule has 1 aromatic heterocycles. The molecular weight excluding hydrogens is 675 g/mol. The summed E-state index contributed by atoms with van der Waals surface area (Å²) in [5.41, 5.74) is -1.54. The molecule has 0 unspecified atom stereocenters. The van der Waals surface area contributed by atoms with E-state index in [0.29, 0.717) is 6.42 Å². The fraction of sp³-hybridized carbons (Fsp3) is 0.515. The van der Waals surface area contributed by atoms with Crippen LogP contribution >= 0.6 is 11.3 Å². The van der Waals surface area contributed by atoms with E-state index in [9.17, 15) is 41.1 Å². The molecule has 0 radical (unpaired) electrons. The third-order valence-electron chi connectivity index (χ3n) is 8.12. The van der Waals surface area contributed by atoms with E-state index in [1.165, 1.54) is 18.2 Å². The first-order valence-corrected chi connectivity index (χ1v) is 15.9. The number of nitrogens with zero attached hydrogens (tertiary/aromatic N) is 4. The number of rotatable bonds is 14. The molecule has 0 aliphatic carbocycles. The maximum atomic E-state index is 14.1. The average Bonchev–Trinajstić information content (AvgIpc) is 3.54. The second-order valence-corrected chi connectivity index (χ2v) is 13.1. The highest BCUT2D eigenvalue weighted by Gasteiger charge is 2.36. The minimum atomic E-state index is -2.43. The van der Waals surface area contributed by atoms with Crippen molar-refractivity contribution in [2.75, 3.05) is 21.1 Å². The van der Waals surface area contributed by atoms with Crippen molar-refractivity contribution in [1.82, 2.24) is 14.8 Å². The highest BCUT2D eigenvalue weighted by molar-refractivity contribution is 7.09. The second kappa shape index (κ2) is 16.9. The van der Waals surface area contributed by atoms with Crippen molar-refractivity contribution in [3.05, 3.63) is 45.2 Å². The van der Waals surface area contributed by atoms with Crippen LogP contribution in [0, 0.1) is 59.2 Å². The monoisotopic (exact) mass is 714 g/mol. The van der Waals surface area contributed by atoms with Gasteiger partial charge in [-0.25, -0.2) is 27.9 Å². The number of aromatic nitrogens is 1. The summed E-state index contributed by atoms with van der Waals surface area (Å²) < 4.78 is 78.8. The number of aliphatic imine (C=N–C) groups is 1. The predicted octanol–water partition coefficient (Wildman–Crippen LogP) is 5.75. The minimum absolute atomic E-state index is 0.00995. The number of likely N-dealkylation sites (N-methyl/N-ethyl adjacent to an activating group) is 1. The molecule has 0 aliphatic rings. The Balaban J connectivity index is 2.43. The van der Waals surface area contributed by atoms with Crippen molar-refractivity contribution in [2.45, 2.75) is 72.1 Å². The normalized spacial score (nSPS) is 14.3. The van der Waals surface area contributed by atoms with Gasteiger partial charge in [-0.1, -0.05) is 20.8 Å². The van der Waals surface area contributed by atoms with Gasteiger partial charge in [-0.3, -0.25) is 19.3 Å². The fourth-order valence-electron chi connectivity index (χ4n) is 4.56. The van der Waals surface area contributed by atoms with Gasteiger partial charge >= 0.3 is 11.9 Å². The summed E-state index contributed by atoms with van der Waals surface area (Å²) in [4.78, 5) is 62.8. The van der Waals surface area contributed by atoms with Gasteiger partial charge in [-0.2, -0.15) is 8.78 Å². The zero-order valence-electron chi connectivity index (χ0n) is 28.6. The number of hydrogen-bond donors (Lipinski definition) is 0. The molecule has 1 heterocycles.